The van der Waals surface area contributed by atoms with Crippen LogP contribution >= 0.6 is 11.6 Å². The van der Waals surface area contributed by atoms with E-state index in [4.69, 9.17) is 22.2 Å². The first kappa shape index (κ1) is 16.7. The Morgan fingerprint density at radius 2 is 2.12 bits per heavy atom. The molecule has 0 spiro atoms. The van der Waals surface area contributed by atoms with E-state index in [1.54, 1.807) is 25.4 Å². The summed E-state index contributed by atoms with van der Waals surface area (Å²) in [6, 6.07) is 4.94. The molecule has 1 aliphatic rings. The monoisotopic (exact) mass is 351 g/mol. The molecule has 0 unspecified atom stereocenters. The SMILES string of the molecule is COc1cccc(F)c1C1CCN(c2cnnc(NN)c2Cl)CC1. The molecule has 0 bridgehead atoms. The predicted molar refractivity (Wildman–Crippen MR) is 92.0 cm³/mol. The minimum atomic E-state index is -0.217. The standard InChI is InChI=1S/C16H19ClFN5O/c1-24-13-4-2-3-11(18)14(13)10-5-7-23(8-6-10)12-9-20-22-16(21-19)15(12)17/h2-4,9-10H,5-8,19H2,1H3,(H,21,22). The van der Waals surface area contributed by atoms with E-state index in [1.807, 2.05) is 0 Å². The molecule has 3 N–H and O–H groups in total. The number of benzene rings is 1. The summed E-state index contributed by atoms with van der Waals surface area (Å²) in [7, 11) is 1.57. The number of hydrogen-bond donors (Lipinski definition) is 2. The number of nitrogens with two attached hydrogens (primary N) is 1. The molecular formula is C16H19ClFN5O. The molecule has 0 amide bonds. The van der Waals surface area contributed by atoms with Crippen molar-refractivity contribution >= 4 is 23.1 Å². The minimum absolute atomic E-state index is 0.109. The zero-order valence-electron chi connectivity index (χ0n) is 13.3. The fourth-order valence-electron chi connectivity index (χ4n) is 3.18. The lowest BCUT2D eigenvalue weighted by Gasteiger charge is -2.34. The van der Waals surface area contributed by atoms with Crippen LogP contribution in [0.3, 0.4) is 0 Å². The molecular weight excluding hydrogens is 333 g/mol. The summed E-state index contributed by atoms with van der Waals surface area (Å²) >= 11 is 6.30. The lowest BCUT2D eigenvalue weighted by molar-refractivity contribution is 0.388. The molecule has 6 nitrogen and oxygen atoms in total. The van der Waals surface area contributed by atoms with Gasteiger partial charge in [-0.2, -0.15) is 5.10 Å². The van der Waals surface area contributed by atoms with Crippen LogP contribution in [0, 0.1) is 5.82 Å². The number of anilines is 2. The zero-order chi connectivity index (χ0) is 17.1. The Bertz CT molecular complexity index is 722. The number of ether oxygens (including phenoxy) is 1. The number of rotatable bonds is 4. The van der Waals surface area contributed by atoms with Gasteiger partial charge in [-0.25, -0.2) is 10.2 Å². The van der Waals surface area contributed by atoms with Crippen LogP contribution in [0.4, 0.5) is 15.9 Å². The highest BCUT2D eigenvalue weighted by Gasteiger charge is 2.27. The molecule has 1 saturated heterocycles. The number of hydrogen-bond acceptors (Lipinski definition) is 6. The summed E-state index contributed by atoms with van der Waals surface area (Å²) in [5.74, 6) is 6.22. The summed E-state index contributed by atoms with van der Waals surface area (Å²) in [6.45, 7) is 1.47. The van der Waals surface area contributed by atoms with Crippen LogP contribution in [-0.2, 0) is 0 Å². The van der Waals surface area contributed by atoms with Gasteiger partial charge in [0, 0.05) is 18.7 Å². The first-order chi connectivity index (χ1) is 11.7. The highest BCUT2D eigenvalue weighted by molar-refractivity contribution is 6.35. The van der Waals surface area contributed by atoms with Crippen molar-refractivity contribution in [3.63, 3.8) is 0 Å². The van der Waals surface area contributed by atoms with Crippen molar-refractivity contribution in [2.75, 3.05) is 30.5 Å². The largest absolute Gasteiger partial charge is 0.496 e. The molecule has 2 aromatic rings. The summed E-state index contributed by atoms with van der Waals surface area (Å²) in [5, 5.41) is 8.19. The molecule has 1 aliphatic heterocycles. The summed E-state index contributed by atoms with van der Waals surface area (Å²) in [4.78, 5) is 2.11. The Kier molecular flexibility index (Phi) is 5.01. The maximum absolute atomic E-state index is 14.2. The topological polar surface area (TPSA) is 76.3 Å². The lowest BCUT2D eigenvalue weighted by atomic mass is 9.88. The Morgan fingerprint density at radius 1 is 1.38 bits per heavy atom. The molecule has 2 heterocycles. The van der Waals surface area contributed by atoms with Crippen molar-refractivity contribution in [3.05, 3.63) is 40.8 Å². The average Bonchev–Trinajstić information content (AvgIpc) is 2.62. The van der Waals surface area contributed by atoms with E-state index in [-0.39, 0.29) is 11.7 Å². The smallest absolute Gasteiger partial charge is 0.183 e. The maximum Gasteiger partial charge on any atom is 0.183 e. The Hall–Kier alpha value is -2.12. The predicted octanol–water partition coefficient (Wildman–Crippen LogP) is 2.95. The van der Waals surface area contributed by atoms with Crippen molar-refractivity contribution in [1.29, 1.82) is 0 Å². The minimum Gasteiger partial charge on any atom is -0.496 e. The van der Waals surface area contributed by atoms with Gasteiger partial charge in [-0.15, -0.1) is 5.10 Å². The molecule has 0 radical (unpaired) electrons. The van der Waals surface area contributed by atoms with Crippen molar-refractivity contribution in [2.24, 2.45) is 5.84 Å². The second-order valence-electron chi connectivity index (χ2n) is 5.65. The molecule has 0 atom stereocenters. The Balaban J connectivity index is 1.78. The first-order valence-corrected chi connectivity index (χ1v) is 8.08. The van der Waals surface area contributed by atoms with Gasteiger partial charge in [0.2, 0.25) is 0 Å². The Labute approximate surface area is 144 Å². The number of nitrogens with zero attached hydrogens (tertiary/aromatic N) is 3. The van der Waals surface area contributed by atoms with E-state index in [0.29, 0.717) is 22.2 Å². The van der Waals surface area contributed by atoms with Gasteiger partial charge in [0.05, 0.1) is 19.0 Å². The van der Waals surface area contributed by atoms with Crippen LogP contribution in [0.5, 0.6) is 5.75 Å². The van der Waals surface area contributed by atoms with E-state index in [1.165, 1.54) is 6.07 Å². The lowest BCUT2D eigenvalue weighted by Crippen LogP contribution is -2.33. The average molecular weight is 352 g/mol. The van der Waals surface area contributed by atoms with Gasteiger partial charge in [-0.3, -0.25) is 0 Å². The molecule has 1 aromatic carbocycles. The van der Waals surface area contributed by atoms with Gasteiger partial charge in [0.25, 0.3) is 0 Å². The fraction of sp³-hybridized carbons (Fsp3) is 0.375. The molecule has 0 saturated carbocycles. The van der Waals surface area contributed by atoms with Gasteiger partial charge in [0.15, 0.2) is 5.82 Å². The third-order valence-corrected chi connectivity index (χ3v) is 4.76. The second-order valence-corrected chi connectivity index (χ2v) is 6.03. The summed E-state index contributed by atoms with van der Waals surface area (Å²) < 4.78 is 19.6. The molecule has 0 aliphatic carbocycles. The van der Waals surface area contributed by atoms with E-state index < -0.39 is 0 Å². The zero-order valence-corrected chi connectivity index (χ0v) is 14.1. The number of aromatic nitrogens is 2. The van der Waals surface area contributed by atoms with Crippen LogP contribution in [0.25, 0.3) is 0 Å². The van der Waals surface area contributed by atoms with Crippen molar-refractivity contribution in [2.45, 2.75) is 18.8 Å². The second kappa shape index (κ2) is 7.19. The number of nitrogen functional groups attached to an aromatic ring is 1. The van der Waals surface area contributed by atoms with Crippen molar-refractivity contribution in [3.8, 4) is 5.75 Å². The van der Waals surface area contributed by atoms with Gasteiger partial charge in [-0.1, -0.05) is 17.7 Å². The highest BCUT2D eigenvalue weighted by atomic mass is 35.5. The normalized spacial score (nSPS) is 15.4. The molecule has 128 valence electrons. The maximum atomic E-state index is 14.2. The third kappa shape index (κ3) is 3.09. The first-order valence-electron chi connectivity index (χ1n) is 7.70. The molecule has 1 aromatic heterocycles. The van der Waals surface area contributed by atoms with Gasteiger partial charge >= 0.3 is 0 Å². The van der Waals surface area contributed by atoms with Crippen LogP contribution in [0.2, 0.25) is 5.02 Å². The van der Waals surface area contributed by atoms with Crippen LogP contribution in [0.15, 0.2) is 24.4 Å². The van der Waals surface area contributed by atoms with Crippen LogP contribution < -0.4 is 20.9 Å². The van der Waals surface area contributed by atoms with Gasteiger partial charge in [-0.05, 0) is 30.9 Å². The van der Waals surface area contributed by atoms with E-state index in [0.717, 1.165) is 31.6 Å². The molecule has 1 fully saturated rings. The Morgan fingerprint density at radius 3 is 2.79 bits per heavy atom. The van der Waals surface area contributed by atoms with Crippen molar-refractivity contribution in [1.82, 2.24) is 10.2 Å². The van der Waals surface area contributed by atoms with Gasteiger partial charge in [0.1, 0.15) is 16.6 Å². The number of hydrazine groups is 1. The van der Waals surface area contributed by atoms with Crippen molar-refractivity contribution < 1.29 is 9.13 Å². The third-order valence-electron chi connectivity index (χ3n) is 4.38. The quantitative estimate of drug-likeness (QED) is 0.651. The van der Waals surface area contributed by atoms with E-state index >= 15 is 0 Å². The number of nitrogens with one attached hydrogen (secondary N) is 1. The molecule has 8 heteroatoms. The number of piperidine rings is 1. The van der Waals surface area contributed by atoms with E-state index in [9.17, 15) is 4.39 Å². The van der Waals surface area contributed by atoms with Gasteiger partial charge < -0.3 is 15.1 Å². The fourth-order valence-corrected chi connectivity index (χ4v) is 3.44. The summed E-state index contributed by atoms with van der Waals surface area (Å²) in [5.41, 5.74) is 3.87. The summed E-state index contributed by atoms with van der Waals surface area (Å²) in [6.07, 6.45) is 3.20. The molecule has 24 heavy (non-hydrogen) atoms. The molecule has 3 rings (SSSR count). The van der Waals surface area contributed by atoms with E-state index in [2.05, 4.69) is 20.5 Å². The highest BCUT2D eigenvalue weighted by Crippen LogP contribution is 2.38. The van der Waals surface area contributed by atoms with Crippen LogP contribution in [-0.4, -0.2) is 30.4 Å². The van der Waals surface area contributed by atoms with Crippen LogP contribution in [0.1, 0.15) is 24.3 Å². The number of methoxy groups -OCH3 is 1. The number of halogens is 2.